The Morgan fingerprint density at radius 3 is 2.48 bits per heavy atom. The minimum Gasteiger partial charge on any atom is -0.463 e. The van der Waals surface area contributed by atoms with Crippen molar-refractivity contribution in [1.29, 1.82) is 5.26 Å². The van der Waals surface area contributed by atoms with Crippen LogP contribution in [0.15, 0.2) is 54.6 Å². The molecule has 0 saturated carbocycles. The standard InChI is InChI=1S/C12H15N3.C8H8O2/c13-5-4-11-2-1-3-12(10-11)15-8-6-14-7-9-15;9-7-10-6-8-4-2-1-3-5-8/h1-3,10,14H,4,6-9H2;1-5,7H,6H2. The van der Waals surface area contributed by atoms with Crippen molar-refractivity contribution in [3.63, 3.8) is 0 Å². The van der Waals surface area contributed by atoms with Crippen LogP contribution in [-0.4, -0.2) is 32.7 Å². The number of carbonyl (C=O) groups excluding carboxylic acids is 1. The Morgan fingerprint density at radius 1 is 1.08 bits per heavy atom. The molecule has 0 unspecified atom stereocenters. The first kappa shape index (κ1) is 18.5. The van der Waals surface area contributed by atoms with Crippen LogP contribution in [0.1, 0.15) is 11.1 Å². The van der Waals surface area contributed by atoms with Crippen LogP contribution in [0.25, 0.3) is 0 Å². The van der Waals surface area contributed by atoms with E-state index in [1.807, 2.05) is 42.5 Å². The van der Waals surface area contributed by atoms with Crippen molar-refractivity contribution < 1.29 is 9.53 Å². The van der Waals surface area contributed by atoms with E-state index >= 15 is 0 Å². The van der Waals surface area contributed by atoms with E-state index < -0.39 is 0 Å². The van der Waals surface area contributed by atoms with Crippen LogP contribution in [0.3, 0.4) is 0 Å². The first-order chi connectivity index (χ1) is 12.3. The van der Waals surface area contributed by atoms with Gasteiger partial charge in [-0.3, -0.25) is 4.79 Å². The molecule has 1 N–H and O–H groups in total. The number of carbonyl (C=O) groups is 1. The number of hydrogen-bond donors (Lipinski definition) is 1. The quantitative estimate of drug-likeness (QED) is 0.849. The first-order valence-electron chi connectivity index (χ1n) is 8.34. The third-order valence-corrected chi connectivity index (χ3v) is 3.84. The first-order valence-corrected chi connectivity index (χ1v) is 8.34. The molecule has 25 heavy (non-hydrogen) atoms. The van der Waals surface area contributed by atoms with Gasteiger partial charge in [-0.2, -0.15) is 5.26 Å². The van der Waals surface area contributed by atoms with Gasteiger partial charge in [-0.25, -0.2) is 0 Å². The molecule has 1 heterocycles. The minimum atomic E-state index is 0.365. The van der Waals surface area contributed by atoms with E-state index in [1.54, 1.807) is 0 Å². The zero-order chi connectivity index (χ0) is 17.7. The zero-order valence-corrected chi connectivity index (χ0v) is 14.2. The summed E-state index contributed by atoms with van der Waals surface area (Å²) in [5.41, 5.74) is 3.35. The minimum absolute atomic E-state index is 0.365. The molecule has 130 valence electrons. The molecule has 1 aliphatic rings. The monoisotopic (exact) mass is 337 g/mol. The van der Waals surface area contributed by atoms with Crippen LogP contribution >= 0.6 is 0 Å². The van der Waals surface area contributed by atoms with E-state index in [4.69, 9.17) is 5.26 Å². The number of nitrogens with one attached hydrogen (secondary N) is 1. The fourth-order valence-corrected chi connectivity index (χ4v) is 2.58. The molecule has 5 nitrogen and oxygen atoms in total. The summed E-state index contributed by atoms with van der Waals surface area (Å²) in [5.74, 6) is 0. The highest BCUT2D eigenvalue weighted by atomic mass is 16.5. The van der Waals surface area contributed by atoms with Gasteiger partial charge in [-0.15, -0.1) is 0 Å². The van der Waals surface area contributed by atoms with Crippen LogP contribution in [0, 0.1) is 11.3 Å². The van der Waals surface area contributed by atoms with Crippen LogP contribution < -0.4 is 10.2 Å². The molecule has 2 aromatic rings. The van der Waals surface area contributed by atoms with E-state index in [-0.39, 0.29) is 0 Å². The molecule has 1 saturated heterocycles. The Hall–Kier alpha value is -2.84. The van der Waals surface area contributed by atoms with Crippen molar-refractivity contribution in [2.24, 2.45) is 0 Å². The molecule has 0 aliphatic carbocycles. The number of piperazine rings is 1. The molecular weight excluding hydrogens is 314 g/mol. The lowest BCUT2D eigenvalue weighted by Gasteiger charge is -2.29. The van der Waals surface area contributed by atoms with Crippen LogP contribution in [-0.2, 0) is 22.6 Å². The molecule has 0 amide bonds. The largest absolute Gasteiger partial charge is 0.463 e. The van der Waals surface area contributed by atoms with Crippen molar-refractivity contribution in [2.75, 3.05) is 31.1 Å². The predicted molar refractivity (Wildman–Crippen MR) is 98.1 cm³/mol. The van der Waals surface area contributed by atoms with Gasteiger partial charge in [0.1, 0.15) is 6.61 Å². The number of nitriles is 1. The van der Waals surface area contributed by atoms with Crippen molar-refractivity contribution in [1.82, 2.24) is 5.32 Å². The summed E-state index contributed by atoms with van der Waals surface area (Å²) in [6.07, 6.45) is 0.500. The number of nitrogens with zero attached hydrogens (tertiary/aromatic N) is 2. The van der Waals surface area contributed by atoms with Gasteiger partial charge in [0.15, 0.2) is 0 Å². The molecule has 5 heteroatoms. The number of rotatable bonds is 5. The lowest BCUT2D eigenvalue weighted by Crippen LogP contribution is -2.43. The maximum absolute atomic E-state index is 9.76. The maximum atomic E-state index is 9.76. The number of anilines is 1. The van der Waals surface area contributed by atoms with Crippen molar-refractivity contribution in [3.05, 3.63) is 65.7 Å². The fourth-order valence-electron chi connectivity index (χ4n) is 2.58. The van der Waals surface area contributed by atoms with E-state index in [0.717, 1.165) is 37.3 Å². The lowest BCUT2D eigenvalue weighted by molar-refractivity contribution is -0.129. The summed E-state index contributed by atoms with van der Waals surface area (Å²) in [5, 5.41) is 12.0. The average molecular weight is 337 g/mol. The highest BCUT2D eigenvalue weighted by Crippen LogP contribution is 2.16. The third-order valence-electron chi connectivity index (χ3n) is 3.84. The molecule has 2 aromatic carbocycles. The molecule has 1 fully saturated rings. The SMILES string of the molecule is N#CCc1cccc(N2CCNCC2)c1.O=COCc1ccccc1. The van der Waals surface area contributed by atoms with E-state index in [1.165, 1.54) is 5.69 Å². The molecule has 1 aliphatic heterocycles. The van der Waals surface area contributed by atoms with Gasteiger partial charge in [0.25, 0.3) is 6.47 Å². The van der Waals surface area contributed by atoms with E-state index in [9.17, 15) is 4.79 Å². The second-order valence-corrected chi connectivity index (χ2v) is 5.63. The summed E-state index contributed by atoms with van der Waals surface area (Å²) >= 11 is 0. The lowest BCUT2D eigenvalue weighted by atomic mass is 10.1. The summed E-state index contributed by atoms with van der Waals surface area (Å²) in [4.78, 5) is 12.1. The van der Waals surface area contributed by atoms with Gasteiger partial charge in [0.05, 0.1) is 12.5 Å². The van der Waals surface area contributed by atoms with Crippen LogP contribution in [0.4, 0.5) is 5.69 Å². The van der Waals surface area contributed by atoms with Gasteiger partial charge in [0, 0.05) is 31.9 Å². The predicted octanol–water partition coefficient (Wildman–Crippen LogP) is 2.52. The van der Waals surface area contributed by atoms with Crippen molar-refractivity contribution in [3.8, 4) is 6.07 Å². The molecule has 0 aromatic heterocycles. The van der Waals surface area contributed by atoms with Crippen LogP contribution in [0.5, 0.6) is 0 Å². The Morgan fingerprint density at radius 2 is 1.80 bits per heavy atom. The molecule has 0 spiro atoms. The summed E-state index contributed by atoms with van der Waals surface area (Å²) in [6, 6.07) is 20.0. The smallest absolute Gasteiger partial charge is 0.293 e. The molecule has 0 bridgehead atoms. The second kappa shape index (κ2) is 10.8. The van der Waals surface area contributed by atoms with E-state index in [0.29, 0.717) is 19.5 Å². The highest BCUT2D eigenvalue weighted by Gasteiger charge is 2.10. The molecular formula is C20H23N3O2. The summed E-state index contributed by atoms with van der Waals surface area (Å²) in [7, 11) is 0. The van der Waals surface area contributed by atoms with Crippen molar-refractivity contribution >= 4 is 12.2 Å². The number of benzene rings is 2. The summed E-state index contributed by atoms with van der Waals surface area (Å²) in [6.45, 7) is 5.01. The number of hydrogen-bond acceptors (Lipinski definition) is 5. The van der Waals surface area contributed by atoms with Crippen molar-refractivity contribution in [2.45, 2.75) is 13.0 Å². The van der Waals surface area contributed by atoms with Gasteiger partial charge >= 0.3 is 0 Å². The average Bonchev–Trinajstić information content (AvgIpc) is 2.69. The maximum Gasteiger partial charge on any atom is 0.293 e. The third kappa shape index (κ3) is 6.66. The van der Waals surface area contributed by atoms with Gasteiger partial charge in [-0.1, -0.05) is 42.5 Å². The second-order valence-electron chi connectivity index (χ2n) is 5.63. The topological polar surface area (TPSA) is 65.4 Å². The summed E-state index contributed by atoms with van der Waals surface area (Å²) < 4.78 is 4.54. The van der Waals surface area contributed by atoms with Gasteiger partial charge in [0.2, 0.25) is 0 Å². The molecule has 0 atom stereocenters. The van der Waals surface area contributed by atoms with E-state index in [2.05, 4.69) is 33.2 Å². The fraction of sp³-hybridized carbons (Fsp3) is 0.300. The molecule has 3 rings (SSSR count). The molecule has 0 radical (unpaired) electrons. The Bertz CT molecular complexity index is 677. The Balaban J connectivity index is 0.000000196. The highest BCUT2D eigenvalue weighted by molar-refractivity contribution is 5.49. The normalized spacial score (nSPS) is 13.2. The Labute approximate surface area is 148 Å². The van der Waals surface area contributed by atoms with Crippen LogP contribution in [0.2, 0.25) is 0 Å². The van der Waals surface area contributed by atoms with Gasteiger partial charge in [-0.05, 0) is 23.3 Å². The number of ether oxygens (including phenoxy) is 1. The zero-order valence-electron chi connectivity index (χ0n) is 14.2. The van der Waals surface area contributed by atoms with Gasteiger partial charge < -0.3 is 15.0 Å². The Kier molecular flexibility index (Phi) is 8.02.